The predicted octanol–water partition coefficient (Wildman–Crippen LogP) is 3.84. The van der Waals surface area contributed by atoms with Crippen molar-refractivity contribution in [1.29, 1.82) is 0 Å². The largest absolute Gasteiger partial charge is 0.309 e. The smallest absolute Gasteiger partial charge is 0.137 e. The van der Waals surface area contributed by atoms with Crippen LogP contribution in [0.15, 0.2) is 48.7 Å². The fraction of sp³-hybridized carbons (Fsp3) is 0.350. The molecule has 4 nitrogen and oxygen atoms in total. The van der Waals surface area contributed by atoms with Gasteiger partial charge in [-0.3, -0.25) is 4.90 Å². The van der Waals surface area contributed by atoms with Gasteiger partial charge < -0.3 is 9.72 Å². The third-order valence-corrected chi connectivity index (χ3v) is 5.37. The minimum atomic E-state index is 0. The number of hydrogen-bond acceptors (Lipinski definition) is 3. The highest BCUT2D eigenvalue weighted by molar-refractivity contribution is 6.30. The van der Waals surface area contributed by atoms with E-state index in [1.54, 1.807) is 0 Å². The van der Waals surface area contributed by atoms with E-state index in [9.17, 15) is 0 Å². The lowest BCUT2D eigenvalue weighted by Crippen LogP contribution is -2.66. The molecule has 5 heterocycles. The van der Waals surface area contributed by atoms with Crippen molar-refractivity contribution in [2.24, 2.45) is 0 Å². The molecule has 1 N–H and O–H groups in total. The number of rotatable bonds is 3. The van der Waals surface area contributed by atoms with Gasteiger partial charge in [0.05, 0.1) is 11.4 Å². The van der Waals surface area contributed by atoms with Crippen LogP contribution in [0, 0.1) is 0 Å². The Kier molecular flexibility index (Phi) is 4.28. The van der Waals surface area contributed by atoms with Crippen LogP contribution in [0.25, 0.3) is 16.9 Å². The molecule has 2 unspecified atom stereocenters. The minimum absolute atomic E-state index is 0. The number of nitrogens with zero attached hydrogens (tertiary/aromatic N) is 3. The van der Waals surface area contributed by atoms with Crippen molar-refractivity contribution in [1.82, 2.24) is 19.6 Å². The summed E-state index contributed by atoms with van der Waals surface area (Å²) in [6.07, 6.45) is 3.44. The lowest BCUT2D eigenvalue weighted by molar-refractivity contribution is 0.0716. The molecule has 0 saturated carbocycles. The van der Waals surface area contributed by atoms with Gasteiger partial charge in [-0.15, -0.1) is 0 Å². The standard InChI is InChI=1S/C19H19ClN4.CH4/c20-14-6-4-13(5-7-14)19-17(24-8-2-1-3-18(24)22-19)12-23-10-15-9-16(11-23)21-15;/h1-8,15-16,21H,9-12H2;1H4. The molecular weight excluding hydrogens is 332 g/mol. The highest BCUT2D eigenvalue weighted by atomic mass is 35.5. The van der Waals surface area contributed by atoms with Crippen molar-refractivity contribution in [3.63, 3.8) is 0 Å². The van der Waals surface area contributed by atoms with Gasteiger partial charge in [0.1, 0.15) is 5.65 Å². The molecule has 25 heavy (non-hydrogen) atoms. The number of fused-ring (bicyclic) bond motifs is 3. The SMILES string of the molecule is C.Clc1ccc(-c2nc3ccccn3c2CN2CC3CC(C2)N3)cc1. The second-order valence-electron chi connectivity index (χ2n) is 6.83. The molecule has 3 aliphatic rings. The summed E-state index contributed by atoms with van der Waals surface area (Å²) in [5.74, 6) is 0. The maximum absolute atomic E-state index is 6.05. The highest BCUT2D eigenvalue weighted by Crippen LogP contribution is 2.29. The Hall–Kier alpha value is -1.88. The summed E-state index contributed by atoms with van der Waals surface area (Å²) in [4.78, 5) is 7.43. The van der Waals surface area contributed by atoms with E-state index in [-0.39, 0.29) is 7.43 Å². The van der Waals surface area contributed by atoms with Crippen molar-refractivity contribution >= 4 is 17.2 Å². The van der Waals surface area contributed by atoms with Crippen LogP contribution in [-0.2, 0) is 6.54 Å². The Bertz CT molecular complexity index is 870. The molecule has 0 radical (unpaired) electrons. The Morgan fingerprint density at radius 3 is 2.52 bits per heavy atom. The van der Waals surface area contributed by atoms with Crippen LogP contribution >= 0.6 is 11.6 Å². The van der Waals surface area contributed by atoms with Crippen molar-refractivity contribution in [3.8, 4) is 11.3 Å². The molecule has 130 valence electrons. The second-order valence-corrected chi connectivity index (χ2v) is 7.27. The summed E-state index contributed by atoms with van der Waals surface area (Å²) in [6.45, 7) is 3.17. The molecule has 2 aromatic heterocycles. The normalized spacial score (nSPS) is 22.4. The molecular formula is C20H23ClN4. The van der Waals surface area contributed by atoms with Gasteiger partial charge in [-0.2, -0.15) is 0 Å². The van der Waals surface area contributed by atoms with Crippen molar-refractivity contribution < 1.29 is 0 Å². The number of halogens is 1. The molecule has 1 aromatic carbocycles. The Labute approximate surface area is 153 Å². The quantitative estimate of drug-likeness (QED) is 0.775. The number of piperazine rings is 1. The van der Waals surface area contributed by atoms with Gasteiger partial charge in [0.15, 0.2) is 0 Å². The van der Waals surface area contributed by atoms with Gasteiger partial charge in [0, 0.05) is 48.5 Å². The predicted molar refractivity (Wildman–Crippen MR) is 103 cm³/mol. The van der Waals surface area contributed by atoms with E-state index >= 15 is 0 Å². The zero-order valence-corrected chi connectivity index (χ0v) is 14.1. The summed E-state index contributed by atoms with van der Waals surface area (Å²) < 4.78 is 2.22. The van der Waals surface area contributed by atoms with Crippen LogP contribution in [-0.4, -0.2) is 39.5 Å². The van der Waals surface area contributed by atoms with Crippen molar-refractivity contribution in [3.05, 3.63) is 59.4 Å². The molecule has 2 atom stereocenters. The molecule has 0 aliphatic carbocycles. The maximum Gasteiger partial charge on any atom is 0.137 e. The van der Waals surface area contributed by atoms with E-state index in [0.717, 1.165) is 41.6 Å². The van der Waals surface area contributed by atoms with E-state index in [1.165, 1.54) is 12.1 Å². The van der Waals surface area contributed by atoms with Crippen molar-refractivity contribution in [2.75, 3.05) is 13.1 Å². The average molecular weight is 355 g/mol. The van der Waals surface area contributed by atoms with E-state index in [2.05, 4.69) is 45.1 Å². The minimum Gasteiger partial charge on any atom is -0.309 e. The summed E-state index contributed by atoms with van der Waals surface area (Å²) in [5.41, 5.74) is 4.44. The number of nitrogens with one attached hydrogen (secondary N) is 1. The number of imidazole rings is 1. The van der Waals surface area contributed by atoms with E-state index in [0.29, 0.717) is 12.1 Å². The van der Waals surface area contributed by atoms with E-state index in [1.807, 2.05) is 18.2 Å². The fourth-order valence-electron chi connectivity index (χ4n) is 3.98. The second kappa shape index (κ2) is 6.45. The lowest BCUT2D eigenvalue weighted by atomic mass is 9.91. The Morgan fingerprint density at radius 2 is 1.80 bits per heavy atom. The van der Waals surface area contributed by atoms with Crippen LogP contribution in [0.4, 0.5) is 0 Å². The van der Waals surface area contributed by atoms with E-state index in [4.69, 9.17) is 16.6 Å². The highest BCUT2D eigenvalue weighted by Gasteiger charge is 2.36. The average Bonchev–Trinajstić information content (AvgIpc) is 2.94. The number of aromatic nitrogens is 2. The van der Waals surface area contributed by atoms with Gasteiger partial charge >= 0.3 is 0 Å². The van der Waals surface area contributed by atoms with Gasteiger partial charge in [0.25, 0.3) is 0 Å². The van der Waals surface area contributed by atoms with Gasteiger partial charge in [0.2, 0.25) is 0 Å². The first-order valence-electron chi connectivity index (χ1n) is 8.46. The molecule has 6 rings (SSSR count). The van der Waals surface area contributed by atoms with Crippen LogP contribution < -0.4 is 5.32 Å². The summed E-state index contributed by atoms with van der Waals surface area (Å²) >= 11 is 6.05. The summed E-state index contributed by atoms with van der Waals surface area (Å²) in [6, 6.07) is 15.5. The molecule has 3 saturated heterocycles. The maximum atomic E-state index is 6.05. The third kappa shape index (κ3) is 2.95. The first-order chi connectivity index (χ1) is 11.8. The first kappa shape index (κ1) is 16.6. The summed E-state index contributed by atoms with van der Waals surface area (Å²) in [7, 11) is 0. The van der Waals surface area contributed by atoms with Crippen LogP contribution in [0.2, 0.25) is 5.02 Å². The molecule has 3 fully saturated rings. The van der Waals surface area contributed by atoms with Crippen LogP contribution in [0.5, 0.6) is 0 Å². The number of benzene rings is 1. The fourth-order valence-corrected chi connectivity index (χ4v) is 4.11. The topological polar surface area (TPSA) is 32.6 Å². The molecule has 3 aromatic rings. The number of pyridine rings is 1. The number of hydrogen-bond donors (Lipinski definition) is 1. The zero-order valence-electron chi connectivity index (χ0n) is 13.3. The first-order valence-corrected chi connectivity index (χ1v) is 8.84. The Balaban J connectivity index is 0.00000157. The monoisotopic (exact) mass is 354 g/mol. The molecule has 2 bridgehead atoms. The number of piperidine rings is 1. The molecule has 5 heteroatoms. The summed E-state index contributed by atoms with van der Waals surface area (Å²) in [5, 5.41) is 4.36. The molecule has 0 amide bonds. The molecule has 0 spiro atoms. The van der Waals surface area contributed by atoms with Crippen LogP contribution in [0.1, 0.15) is 19.5 Å². The van der Waals surface area contributed by atoms with Crippen LogP contribution in [0.3, 0.4) is 0 Å². The third-order valence-electron chi connectivity index (χ3n) is 5.12. The zero-order chi connectivity index (χ0) is 16.1. The van der Waals surface area contributed by atoms with Gasteiger partial charge in [-0.25, -0.2) is 4.98 Å². The lowest BCUT2D eigenvalue weighted by Gasteiger charge is -2.48. The van der Waals surface area contributed by atoms with Gasteiger partial charge in [-0.1, -0.05) is 37.2 Å². The molecule has 3 aliphatic heterocycles. The van der Waals surface area contributed by atoms with Crippen molar-refractivity contribution in [2.45, 2.75) is 32.5 Å². The van der Waals surface area contributed by atoms with E-state index < -0.39 is 0 Å². The Morgan fingerprint density at radius 1 is 1.08 bits per heavy atom. The van der Waals surface area contributed by atoms with Gasteiger partial charge in [-0.05, 0) is 30.7 Å².